The van der Waals surface area contributed by atoms with E-state index in [0.717, 1.165) is 22.5 Å². The third-order valence-corrected chi connectivity index (χ3v) is 6.25. The van der Waals surface area contributed by atoms with Crippen LogP contribution in [0.2, 0.25) is 0 Å². The molecule has 1 aliphatic rings. The summed E-state index contributed by atoms with van der Waals surface area (Å²) in [6.07, 6.45) is 8.60. The minimum Gasteiger partial charge on any atom is -0.360 e. The van der Waals surface area contributed by atoms with Gasteiger partial charge in [0.15, 0.2) is 0 Å². The van der Waals surface area contributed by atoms with Gasteiger partial charge in [-0.15, -0.1) is 53.6 Å². The van der Waals surface area contributed by atoms with Crippen LogP contribution in [0.5, 0.6) is 0 Å². The van der Waals surface area contributed by atoms with Crippen LogP contribution in [0, 0.1) is 19.2 Å². The smallest absolute Gasteiger partial charge is 0.0242 e. The summed E-state index contributed by atoms with van der Waals surface area (Å²) in [5.41, 5.74) is 10.3. The van der Waals surface area contributed by atoms with Crippen molar-refractivity contribution in [1.82, 2.24) is 15.0 Å². The zero-order valence-corrected chi connectivity index (χ0v) is 22.3. The zero-order valence-electron chi connectivity index (χ0n) is 19.9. The van der Waals surface area contributed by atoms with Gasteiger partial charge in [-0.3, -0.25) is 0 Å². The summed E-state index contributed by atoms with van der Waals surface area (Å²) in [6, 6.07) is 29.8. The van der Waals surface area contributed by atoms with Gasteiger partial charge in [-0.25, -0.2) is 0 Å². The van der Waals surface area contributed by atoms with E-state index in [9.17, 15) is 0 Å². The largest absolute Gasteiger partial charge is 0.360 e. The first-order valence-electron chi connectivity index (χ1n) is 11.4. The molecule has 0 saturated carbocycles. The standard InChI is InChI=1S/C19H15N2.C12H10N.Ir/c1-19(2)16-8-4-3-7-14(16)15-12-21-18(10-17(15)19)13-6-5-9-20-11-13;1-10-7-8-12(13-9-10)11-5-3-2-4-6-11;/h3-10,12H,1-2H3;2-5,7-9H,1H3;/q2*-1;. The molecule has 6 rings (SSSR count). The first-order chi connectivity index (χ1) is 16.5. The quantitative estimate of drug-likeness (QED) is 0.195. The molecule has 0 bridgehead atoms. The van der Waals surface area contributed by atoms with Gasteiger partial charge in [-0.2, -0.15) is 0 Å². The molecule has 3 nitrogen and oxygen atoms in total. The minimum atomic E-state index is 0. The van der Waals surface area contributed by atoms with Crippen molar-refractivity contribution < 1.29 is 20.1 Å². The number of pyridine rings is 3. The van der Waals surface area contributed by atoms with Gasteiger partial charge in [0.1, 0.15) is 0 Å². The van der Waals surface area contributed by atoms with Crippen molar-refractivity contribution in [2.45, 2.75) is 26.2 Å². The Bertz CT molecular complexity index is 1410. The van der Waals surface area contributed by atoms with E-state index >= 15 is 0 Å². The molecule has 0 amide bonds. The number of fused-ring (bicyclic) bond motifs is 3. The van der Waals surface area contributed by atoms with E-state index in [2.05, 4.69) is 77.5 Å². The van der Waals surface area contributed by atoms with Gasteiger partial charge in [-0.1, -0.05) is 62.5 Å². The molecule has 1 radical (unpaired) electrons. The van der Waals surface area contributed by atoms with E-state index in [4.69, 9.17) is 0 Å². The van der Waals surface area contributed by atoms with Gasteiger partial charge >= 0.3 is 0 Å². The topological polar surface area (TPSA) is 38.7 Å². The van der Waals surface area contributed by atoms with Crippen molar-refractivity contribution in [2.24, 2.45) is 0 Å². The molecule has 0 unspecified atom stereocenters. The Morgan fingerprint density at radius 2 is 1.49 bits per heavy atom. The predicted octanol–water partition coefficient (Wildman–Crippen LogP) is 7.10. The average molecular weight is 632 g/mol. The average Bonchev–Trinajstić information content (AvgIpc) is 3.12. The first kappa shape index (κ1) is 24.7. The number of hydrogen-bond acceptors (Lipinski definition) is 3. The van der Waals surface area contributed by atoms with Crippen LogP contribution in [-0.2, 0) is 25.5 Å². The second-order valence-corrected chi connectivity index (χ2v) is 8.95. The Morgan fingerprint density at radius 1 is 0.714 bits per heavy atom. The van der Waals surface area contributed by atoms with E-state index in [1.54, 1.807) is 6.20 Å². The molecule has 3 aromatic heterocycles. The normalized spacial score (nSPS) is 12.4. The van der Waals surface area contributed by atoms with Crippen LogP contribution in [0.25, 0.3) is 33.6 Å². The molecule has 175 valence electrons. The summed E-state index contributed by atoms with van der Waals surface area (Å²) in [7, 11) is 0. The van der Waals surface area contributed by atoms with Crippen LogP contribution >= 0.6 is 0 Å². The number of aryl methyl sites for hydroxylation is 1. The molecule has 0 atom stereocenters. The monoisotopic (exact) mass is 632 g/mol. The maximum absolute atomic E-state index is 4.61. The van der Waals surface area contributed by atoms with Crippen molar-refractivity contribution in [3.05, 3.63) is 126 Å². The molecule has 0 saturated heterocycles. The summed E-state index contributed by atoms with van der Waals surface area (Å²) in [5.74, 6) is 0. The molecule has 0 N–H and O–H groups in total. The Morgan fingerprint density at radius 3 is 2.20 bits per heavy atom. The molecule has 3 heterocycles. The van der Waals surface area contributed by atoms with Gasteiger partial charge in [0.2, 0.25) is 0 Å². The summed E-state index contributed by atoms with van der Waals surface area (Å²) < 4.78 is 0. The van der Waals surface area contributed by atoms with Crippen molar-refractivity contribution in [1.29, 1.82) is 0 Å². The Hall–Kier alpha value is -3.46. The molecule has 5 aromatic rings. The molecule has 4 heteroatoms. The van der Waals surface area contributed by atoms with Gasteiger partial charge < -0.3 is 15.0 Å². The fourth-order valence-corrected chi connectivity index (χ4v) is 4.39. The minimum absolute atomic E-state index is 0. The fraction of sp³-hybridized carbons (Fsp3) is 0.129. The molecule has 2 aromatic carbocycles. The third kappa shape index (κ3) is 5.00. The summed E-state index contributed by atoms with van der Waals surface area (Å²) in [6.45, 7) is 6.58. The zero-order chi connectivity index (χ0) is 23.5. The number of rotatable bonds is 2. The van der Waals surface area contributed by atoms with Crippen LogP contribution < -0.4 is 0 Å². The number of nitrogens with zero attached hydrogens (tertiary/aromatic N) is 3. The third-order valence-electron chi connectivity index (χ3n) is 6.25. The molecule has 0 spiro atoms. The van der Waals surface area contributed by atoms with Crippen molar-refractivity contribution in [3.63, 3.8) is 0 Å². The van der Waals surface area contributed by atoms with E-state index in [0.29, 0.717) is 0 Å². The van der Waals surface area contributed by atoms with Gasteiger partial charge in [0.05, 0.1) is 0 Å². The van der Waals surface area contributed by atoms with Crippen LogP contribution in [0.15, 0.2) is 97.5 Å². The SMILES string of the molecule is CC1(C)c2ccccc2-c2cnc(-c3[c-]nccc3)cc21.Cc1ccc(-c2[c-]cccc2)nc1.[Ir]. The van der Waals surface area contributed by atoms with Gasteiger partial charge in [0, 0.05) is 43.5 Å². The van der Waals surface area contributed by atoms with E-state index in [1.807, 2.05) is 61.8 Å². The summed E-state index contributed by atoms with van der Waals surface area (Å²) in [4.78, 5) is 13.0. The Kier molecular flexibility index (Phi) is 7.35. The Balaban J connectivity index is 0.000000179. The molecule has 0 fully saturated rings. The van der Waals surface area contributed by atoms with Crippen molar-refractivity contribution in [3.8, 4) is 33.6 Å². The van der Waals surface area contributed by atoms with E-state index in [-0.39, 0.29) is 25.5 Å². The molecule has 35 heavy (non-hydrogen) atoms. The summed E-state index contributed by atoms with van der Waals surface area (Å²) in [5, 5.41) is 0. The van der Waals surface area contributed by atoms with Crippen LogP contribution in [-0.4, -0.2) is 15.0 Å². The maximum atomic E-state index is 4.61. The molecule has 1 aliphatic carbocycles. The molecule has 0 aliphatic heterocycles. The van der Waals surface area contributed by atoms with Crippen molar-refractivity contribution in [2.75, 3.05) is 0 Å². The first-order valence-corrected chi connectivity index (χ1v) is 11.4. The van der Waals surface area contributed by atoms with Crippen LogP contribution in [0.3, 0.4) is 0 Å². The number of hydrogen-bond donors (Lipinski definition) is 0. The Labute approximate surface area is 220 Å². The molecular weight excluding hydrogens is 607 g/mol. The second kappa shape index (κ2) is 10.4. The number of benzene rings is 2. The summed E-state index contributed by atoms with van der Waals surface area (Å²) >= 11 is 0. The van der Waals surface area contributed by atoms with Gasteiger partial charge in [-0.05, 0) is 46.8 Å². The van der Waals surface area contributed by atoms with Gasteiger partial charge in [0.25, 0.3) is 0 Å². The predicted molar refractivity (Wildman–Crippen MR) is 137 cm³/mol. The van der Waals surface area contributed by atoms with E-state index in [1.165, 1.54) is 27.8 Å². The van der Waals surface area contributed by atoms with Crippen LogP contribution in [0.1, 0.15) is 30.5 Å². The molecular formula is C31H25IrN3-2. The van der Waals surface area contributed by atoms with Crippen molar-refractivity contribution >= 4 is 0 Å². The van der Waals surface area contributed by atoms with Crippen LogP contribution in [0.4, 0.5) is 0 Å². The maximum Gasteiger partial charge on any atom is 0.0242 e. The second-order valence-electron chi connectivity index (χ2n) is 8.95. The van der Waals surface area contributed by atoms with E-state index < -0.39 is 0 Å². The fourth-order valence-electron chi connectivity index (χ4n) is 4.39. The number of aromatic nitrogens is 3.